The lowest BCUT2D eigenvalue weighted by Crippen LogP contribution is -2.49. The molecular weight excluding hydrogens is 608 g/mol. The third kappa shape index (κ3) is 7.94. The van der Waals surface area contributed by atoms with Crippen molar-refractivity contribution in [3.63, 3.8) is 0 Å². The number of nitrogens with zero attached hydrogens (tertiary/aromatic N) is 2. The molecule has 5 unspecified atom stereocenters. The number of halogens is 1. The van der Waals surface area contributed by atoms with Crippen molar-refractivity contribution < 1.29 is 23.1 Å². The van der Waals surface area contributed by atoms with Crippen molar-refractivity contribution in [2.45, 2.75) is 69.6 Å². The summed E-state index contributed by atoms with van der Waals surface area (Å²) < 4.78 is 30.5. The molecule has 4 aliphatic rings. The van der Waals surface area contributed by atoms with Gasteiger partial charge in [-0.05, 0) is 82.2 Å². The Bertz CT molecular complexity index is 1640. The molecule has 0 bridgehead atoms. The van der Waals surface area contributed by atoms with Crippen LogP contribution in [-0.4, -0.2) is 72.5 Å². The summed E-state index contributed by atoms with van der Waals surface area (Å²) in [7, 11) is -3.24. The van der Waals surface area contributed by atoms with E-state index >= 15 is 0 Å². The lowest BCUT2D eigenvalue weighted by molar-refractivity contribution is -0.00621. The normalized spacial score (nSPS) is 27.3. The maximum atomic E-state index is 12.0. The van der Waals surface area contributed by atoms with E-state index < -0.39 is 15.6 Å². The molecule has 9 heteroatoms. The lowest BCUT2D eigenvalue weighted by atomic mass is 9.73. The molecule has 1 N–H and O–H groups in total. The van der Waals surface area contributed by atoms with Gasteiger partial charge in [-0.25, -0.2) is 13.2 Å². The predicted molar refractivity (Wildman–Crippen MR) is 177 cm³/mol. The molecule has 0 aromatic heterocycles. The van der Waals surface area contributed by atoms with Crippen LogP contribution in [0.5, 0.6) is 0 Å². The summed E-state index contributed by atoms with van der Waals surface area (Å²) in [6.07, 6.45) is 9.08. The van der Waals surface area contributed by atoms with Gasteiger partial charge >= 0.3 is 6.09 Å². The van der Waals surface area contributed by atoms with Crippen molar-refractivity contribution in [1.29, 1.82) is 0 Å². The van der Waals surface area contributed by atoms with Crippen molar-refractivity contribution >= 4 is 27.7 Å². The zero-order chi connectivity index (χ0) is 32.0. The number of hydrogen-bond donors (Lipinski definition) is 1. The molecule has 0 spiro atoms. The third-order valence-electron chi connectivity index (χ3n) is 9.24. The number of amides is 1. The van der Waals surface area contributed by atoms with Gasteiger partial charge in [-0.1, -0.05) is 65.6 Å². The van der Waals surface area contributed by atoms with Gasteiger partial charge in [0.1, 0.15) is 5.60 Å². The topological polar surface area (TPSA) is 87.2 Å². The Morgan fingerprint density at radius 1 is 1.00 bits per heavy atom. The maximum Gasteiger partial charge on any atom is 0.410 e. The van der Waals surface area contributed by atoms with Gasteiger partial charge in [0, 0.05) is 58.7 Å². The number of allylic oxidation sites excluding steroid dienone is 1. The molecule has 2 aliphatic heterocycles. The van der Waals surface area contributed by atoms with Crippen molar-refractivity contribution in [3.05, 3.63) is 82.4 Å². The minimum Gasteiger partial charge on any atom is -0.450 e. The van der Waals surface area contributed by atoms with Gasteiger partial charge in [-0.15, -0.1) is 0 Å². The highest BCUT2D eigenvalue weighted by atomic mass is 35.5. The average molecular weight is 649 g/mol. The number of ether oxygens (including phenoxy) is 1. The fourth-order valence-corrected chi connectivity index (χ4v) is 8.56. The Labute approximate surface area is 272 Å². The molecule has 2 aliphatic carbocycles. The van der Waals surface area contributed by atoms with Crippen LogP contribution in [0.25, 0.3) is 0 Å². The molecule has 5 atom stereocenters. The Morgan fingerprint density at radius 2 is 1.78 bits per heavy atom. The number of carbonyl (C=O) groups excluding carboxylic acids is 1. The summed E-state index contributed by atoms with van der Waals surface area (Å²) in [5.41, 5.74) is 1.84. The van der Waals surface area contributed by atoms with Gasteiger partial charge in [-0.3, -0.25) is 0 Å². The molecule has 7 nitrogen and oxygen atoms in total. The second kappa shape index (κ2) is 14.4. The van der Waals surface area contributed by atoms with Gasteiger partial charge in [-0.2, -0.15) is 4.31 Å². The van der Waals surface area contributed by atoms with Crippen LogP contribution in [0.1, 0.15) is 63.0 Å². The first-order chi connectivity index (χ1) is 21.6. The Morgan fingerprint density at radius 3 is 2.51 bits per heavy atom. The summed E-state index contributed by atoms with van der Waals surface area (Å²) in [5, 5.41) is 11.6. The fourth-order valence-electron chi connectivity index (χ4n) is 7.18. The van der Waals surface area contributed by atoms with Crippen molar-refractivity contribution in [2.24, 2.45) is 11.8 Å². The molecule has 45 heavy (non-hydrogen) atoms. The van der Waals surface area contributed by atoms with Gasteiger partial charge in [0.2, 0.25) is 10.0 Å². The molecule has 0 radical (unpaired) electrons. The predicted octanol–water partition coefficient (Wildman–Crippen LogP) is 5.86. The first-order valence-corrected chi connectivity index (χ1v) is 18.0. The van der Waals surface area contributed by atoms with Crippen molar-refractivity contribution in [2.75, 3.05) is 26.0 Å². The number of sulfonamides is 1. The molecular formula is C36H41ClN2O5S. The van der Waals surface area contributed by atoms with E-state index in [0.717, 1.165) is 49.8 Å². The van der Waals surface area contributed by atoms with Crippen LogP contribution in [0.4, 0.5) is 4.79 Å². The minimum absolute atomic E-state index is 0.127. The summed E-state index contributed by atoms with van der Waals surface area (Å²) in [4.78, 5) is 13.9. The van der Waals surface area contributed by atoms with Crippen LogP contribution in [0.2, 0.25) is 5.02 Å². The first kappa shape index (κ1) is 33.1. The summed E-state index contributed by atoms with van der Waals surface area (Å²) in [6.45, 7) is 3.53. The standard InChI is InChI=1S/C19H21NO2.C17H20ClNO3S/c1-2-22-19(21)20-14-13-17-16(9-6-10-18(17)20)12-11-15-7-4-3-5-8-15;1-23(21,22)19-11-8-15-16(19)6-3-9-17(15,20)10-7-13-4-2-5-14(18)12-13/h3-5,7-9,17-18H,2,6,10,13-14H2,1H3;2,4-5,12,15-16,20H,3,6,8-9,11H2,1H3. The van der Waals surface area contributed by atoms with E-state index in [1.54, 1.807) is 12.1 Å². The Hall–Kier alpha value is -3.27. The second-order valence-electron chi connectivity index (χ2n) is 12.1. The van der Waals surface area contributed by atoms with Crippen molar-refractivity contribution in [3.8, 4) is 23.7 Å². The van der Waals surface area contributed by atoms with E-state index in [4.69, 9.17) is 16.3 Å². The number of benzene rings is 2. The first-order valence-electron chi connectivity index (χ1n) is 15.8. The summed E-state index contributed by atoms with van der Waals surface area (Å²) in [6, 6.07) is 17.4. The van der Waals surface area contributed by atoms with E-state index in [1.807, 2.05) is 54.3 Å². The van der Waals surface area contributed by atoms with Crippen molar-refractivity contribution in [1.82, 2.24) is 9.21 Å². The Kier molecular flexibility index (Phi) is 10.6. The van der Waals surface area contributed by atoms with Crippen LogP contribution < -0.4 is 0 Å². The number of hydrogen-bond acceptors (Lipinski definition) is 5. The van der Waals surface area contributed by atoms with Crippen LogP contribution in [-0.2, 0) is 14.8 Å². The fraction of sp³-hybridized carbons (Fsp3) is 0.472. The van der Waals surface area contributed by atoms with Gasteiger partial charge in [0.25, 0.3) is 0 Å². The molecule has 1 amide bonds. The number of likely N-dealkylation sites (tertiary alicyclic amines) is 1. The van der Waals surface area contributed by atoms with Gasteiger partial charge in [0.15, 0.2) is 0 Å². The maximum absolute atomic E-state index is 12.0. The smallest absolute Gasteiger partial charge is 0.410 e. The number of fused-ring (bicyclic) bond motifs is 2. The molecule has 6 rings (SSSR count). The van der Waals surface area contributed by atoms with Crippen LogP contribution in [0, 0.1) is 35.5 Å². The number of rotatable bonds is 2. The second-order valence-corrected chi connectivity index (χ2v) is 14.5. The number of aliphatic hydroxyl groups is 1. The highest BCUT2D eigenvalue weighted by molar-refractivity contribution is 7.88. The minimum atomic E-state index is -3.24. The average Bonchev–Trinajstić information content (AvgIpc) is 3.67. The van der Waals surface area contributed by atoms with Gasteiger partial charge in [0.05, 0.1) is 12.9 Å². The van der Waals surface area contributed by atoms with E-state index in [2.05, 4.69) is 29.8 Å². The third-order valence-corrected chi connectivity index (χ3v) is 10.8. The van der Waals surface area contributed by atoms with Crippen LogP contribution >= 0.6 is 11.6 Å². The SMILES string of the molecule is CCOC(=O)N1CCC2C(C#Cc3ccccc3)=CCCC21.CS(=O)(=O)N1CCC2C1CCCC2(O)C#Cc1cccc(Cl)c1. The number of carbonyl (C=O) groups is 1. The van der Waals surface area contributed by atoms with E-state index in [-0.39, 0.29) is 24.1 Å². The summed E-state index contributed by atoms with van der Waals surface area (Å²) in [5.74, 6) is 12.8. The molecule has 2 aromatic carbocycles. The van der Waals surface area contributed by atoms with Crippen LogP contribution in [0.15, 0.2) is 66.2 Å². The van der Waals surface area contributed by atoms with E-state index in [9.17, 15) is 18.3 Å². The van der Waals surface area contributed by atoms with Crippen LogP contribution in [0.3, 0.4) is 0 Å². The zero-order valence-corrected chi connectivity index (χ0v) is 27.5. The lowest BCUT2D eigenvalue weighted by Gasteiger charge is -2.39. The quantitative estimate of drug-likeness (QED) is 0.412. The highest BCUT2D eigenvalue weighted by Crippen LogP contribution is 2.43. The molecule has 1 saturated carbocycles. The molecule has 2 aromatic rings. The molecule has 2 saturated heterocycles. The molecule has 2 heterocycles. The largest absolute Gasteiger partial charge is 0.450 e. The monoisotopic (exact) mass is 648 g/mol. The molecule has 238 valence electrons. The molecule has 3 fully saturated rings. The van der Waals surface area contributed by atoms with Gasteiger partial charge < -0.3 is 14.7 Å². The highest BCUT2D eigenvalue weighted by Gasteiger charge is 2.51. The Balaban J connectivity index is 0.000000178. The zero-order valence-electron chi connectivity index (χ0n) is 25.9. The van der Waals surface area contributed by atoms with E-state index in [0.29, 0.717) is 36.9 Å². The summed E-state index contributed by atoms with van der Waals surface area (Å²) >= 11 is 5.96. The van der Waals surface area contributed by atoms with E-state index in [1.165, 1.54) is 16.1 Å².